The van der Waals surface area contributed by atoms with E-state index in [9.17, 15) is 13.2 Å². The van der Waals surface area contributed by atoms with Crippen molar-refractivity contribution in [3.8, 4) is 0 Å². The number of benzene rings is 2. The van der Waals surface area contributed by atoms with Crippen molar-refractivity contribution in [1.82, 2.24) is 5.32 Å². The molecule has 2 aromatic carbocycles. The predicted molar refractivity (Wildman–Crippen MR) is 132 cm³/mol. The van der Waals surface area contributed by atoms with Gasteiger partial charge in [-0.05, 0) is 79.8 Å². The third-order valence-corrected chi connectivity index (χ3v) is 7.64. The molecule has 0 radical (unpaired) electrons. The highest BCUT2D eigenvalue weighted by Gasteiger charge is 2.33. The number of amides is 1. The fraction of sp³-hybridized carbons (Fsp3) is 0.480. The van der Waals surface area contributed by atoms with Crippen molar-refractivity contribution in [2.24, 2.45) is 0 Å². The predicted octanol–water partition coefficient (Wildman–Crippen LogP) is 5.34. The molecule has 7 heteroatoms. The summed E-state index contributed by atoms with van der Waals surface area (Å²) in [5.41, 5.74) is 5.01. The Hall–Kier alpha value is -2.05. The van der Waals surface area contributed by atoms with E-state index in [0.717, 1.165) is 36.6 Å². The number of aryl methyl sites for hydroxylation is 3. The number of nitrogens with one attached hydrogen (secondary N) is 1. The van der Waals surface area contributed by atoms with Gasteiger partial charge in [-0.25, -0.2) is 8.42 Å². The Bertz CT molecular complexity index is 1080. The van der Waals surface area contributed by atoms with Crippen LogP contribution in [0.4, 0.5) is 5.69 Å². The molecule has 0 spiro atoms. The minimum absolute atomic E-state index is 0.175. The normalized spacial score (nSPS) is 15.5. The van der Waals surface area contributed by atoms with Gasteiger partial charge in [0.15, 0.2) is 0 Å². The Morgan fingerprint density at radius 1 is 1.06 bits per heavy atom. The third kappa shape index (κ3) is 5.46. The minimum Gasteiger partial charge on any atom is -0.347 e. The zero-order valence-electron chi connectivity index (χ0n) is 19.3. The maximum atomic E-state index is 13.4. The quantitative estimate of drug-likeness (QED) is 0.559. The molecule has 2 aromatic rings. The van der Waals surface area contributed by atoms with E-state index in [-0.39, 0.29) is 11.9 Å². The van der Waals surface area contributed by atoms with Crippen LogP contribution in [0, 0.1) is 6.92 Å². The summed E-state index contributed by atoms with van der Waals surface area (Å²) in [6, 6.07) is 10.5. The number of hydrogen-bond donors (Lipinski definition) is 1. The standard InChI is InChI=1S/C25H33ClN2O3S/c1-5-22(20-13-12-18-9-7-8-10-19(18)15-20)27-25(29)23(6-2)28(32(4,30)31)24-16-21(26)14-11-17(24)3/h11-16,22-23H,5-10H2,1-4H3,(H,27,29). The van der Waals surface area contributed by atoms with E-state index in [1.807, 2.05) is 20.8 Å². The van der Waals surface area contributed by atoms with Crippen molar-refractivity contribution in [2.45, 2.75) is 71.4 Å². The molecule has 0 saturated heterocycles. The first-order valence-electron chi connectivity index (χ1n) is 11.3. The second kappa shape index (κ2) is 10.3. The Morgan fingerprint density at radius 2 is 1.75 bits per heavy atom. The summed E-state index contributed by atoms with van der Waals surface area (Å²) in [6.45, 7) is 5.67. The number of hydrogen-bond acceptors (Lipinski definition) is 3. The van der Waals surface area contributed by atoms with Gasteiger partial charge >= 0.3 is 0 Å². The summed E-state index contributed by atoms with van der Waals surface area (Å²) in [6.07, 6.45) is 6.79. The van der Waals surface area contributed by atoms with E-state index in [2.05, 4.69) is 23.5 Å². The number of fused-ring (bicyclic) bond motifs is 1. The lowest BCUT2D eigenvalue weighted by molar-refractivity contribution is -0.123. The van der Waals surface area contributed by atoms with Crippen molar-refractivity contribution < 1.29 is 13.2 Å². The molecule has 5 nitrogen and oxygen atoms in total. The second-order valence-electron chi connectivity index (χ2n) is 8.62. The number of halogens is 1. The monoisotopic (exact) mass is 476 g/mol. The molecule has 0 saturated carbocycles. The van der Waals surface area contributed by atoms with Gasteiger partial charge in [0.2, 0.25) is 15.9 Å². The summed E-state index contributed by atoms with van der Waals surface area (Å²) in [5, 5.41) is 3.55. The lowest BCUT2D eigenvalue weighted by Gasteiger charge is -2.32. The first-order chi connectivity index (χ1) is 15.2. The molecule has 0 bridgehead atoms. The third-order valence-electron chi connectivity index (χ3n) is 6.24. The highest BCUT2D eigenvalue weighted by Crippen LogP contribution is 2.30. The highest BCUT2D eigenvalue weighted by molar-refractivity contribution is 7.92. The zero-order chi connectivity index (χ0) is 23.5. The van der Waals surface area contributed by atoms with E-state index in [1.54, 1.807) is 18.2 Å². The lowest BCUT2D eigenvalue weighted by Crippen LogP contribution is -2.50. The fourth-order valence-electron chi connectivity index (χ4n) is 4.51. The molecule has 0 fully saturated rings. The van der Waals surface area contributed by atoms with E-state index >= 15 is 0 Å². The van der Waals surface area contributed by atoms with E-state index in [0.29, 0.717) is 17.1 Å². The van der Waals surface area contributed by atoms with Gasteiger partial charge in [0.1, 0.15) is 6.04 Å². The summed E-state index contributed by atoms with van der Waals surface area (Å²) >= 11 is 6.16. The first-order valence-corrected chi connectivity index (χ1v) is 13.6. The number of anilines is 1. The van der Waals surface area contributed by atoms with E-state index in [1.165, 1.54) is 28.3 Å². The second-order valence-corrected chi connectivity index (χ2v) is 10.9. The molecular formula is C25H33ClN2O3S. The zero-order valence-corrected chi connectivity index (χ0v) is 20.9. The van der Waals surface area contributed by atoms with Crippen LogP contribution >= 0.6 is 11.6 Å². The van der Waals surface area contributed by atoms with Crippen molar-refractivity contribution in [2.75, 3.05) is 10.6 Å². The van der Waals surface area contributed by atoms with Gasteiger partial charge in [-0.3, -0.25) is 9.10 Å². The van der Waals surface area contributed by atoms with Crippen LogP contribution in [0.25, 0.3) is 0 Å². The summed E-state index contributed by atoms with van der Waals surface area (Å²) in [7, 11) is -3.72. The molecule has 1 aliphatic carbocycles. The number of rotatable bonds is 8. The number of sulfonamides is 1. The lowest BCUT2D eigenvalue weighted by atomic mass is 9.88. The minimum atomic E-state index is -3.72. The number of carbonyl (C=O) groups excluding carboxylic acids is 1. The Balaban J connectivity index is 1.91. The van der Waals surface area contributed by atoms with Gasteiger partial charge in [-0.2, -0.15) is 0 Å². The number of carbonyl (C=O) groups is 1. The van der Waals surface area contributed by atoms with Crippen molar-refractivity contribution >= 4 is 33.2 Å². The fourth-order valence-corrected chi connectivity index (χ4v) is 5.94. The van der Waals surface area contributed by atoms with Crippen molar-refractivity contribution in [1.29, 1.82) is 0 Å². The van der Waals surface area contributed by atoms with Crippen molar-refractivity contribution in [3.63, 3.8) is 0 Å². The van der Waals surface area contributed by atoms with Gasteiger partial charge in [-0.1, -0.05) is 49.7 Å². The van der Waals surface area contributed by atoms with Crippen LogP contribution in [0.15, 0.2) is 36.4 Å². The van der Waals surface area contributed by atoms with Gasteiger partial charge in [-0.15, -0.1) is 0 Å². The molecule has 1 N–H and O–H groups in total. The van der Waals surface area contributed by atoms with Gasteiger partial charge < -0.3 is 5.32 Å². The van der Waals surface area contributed by atoms with Crippen LogP contribution < -0.4 is 9.62 Å². The molecule has 0 aromatic heterocycles. The van der Waals surface area contributed by atoms with Crippen LogP contribution in [0.1, 0.15) is 67.8 Å². The SMILES string of the molecule is CCC(NC(=O)C(CC)N(c1cc(Cl)ccc1C)S(C)(=O)=O)c1ccc2c(c1)CCCC2. The molecule has 32 heavy (non-hydrogen) atoms. The molecule has 0 heterocycles. The molecule has 1 aliphatic rings. The van der Waals surface area contributed by atoms with Gasteiger partial charge in [0.25, 0.3) is 0 Å². The van der Waals surface area contributed by atoms with Gasteiger partial charge in [0.05, 0.1) is 18.0 Å². The van der Waals surface area contributed by atoms with Crippen LogP contribution in [0.2, 0.25) is 5.02 Å². The molecular weight excluding hydrogens is 444 g/mol. The van der Waals surface area contributed by atoms with Crippen molar-refractivity contribution in [3.05, 3.63) is 63.7 Å². The Labute approximate surface area is 197 Å². The largest absolute Gasteiger partial charge is 0.347 e. The smallest absolute Gasteiger partial charge is 0.244 e. The molecule has 174 valence electrons. The molecule has 1 amide bonds. The average molecular weight is 477 g/mol. The van der Waals surface area contributed by atoms with E-state index < -0.39 is 16.1 Å². The summed E-state index contributed by atoms with van der Waals surface area (Å²) < 4.78 is 26.8. The highest BCUT2D eigenvalue weighted by atomic mass is 35.5. The molecule has 2 atom stereocenters. The molecule has 3 rings (SSSR count). The summed E-state index contributed by atoms with van der Waals surface area (Å²) in [5.74, 6) is -0.304. The molecule has 0 aliphatic heterocycles. The maximum absolute atomic E-state index is 13.4. The first kappa shape index (κ1) is 24.6. The van der Waals surface area contributed by atoms with Crippen LogP contribution in [-0.4, -0.2) is 26.6 Å². The Morgan fingerprint density at radius 3 is 2.38 bits per heavy atom. The average Bonchev–Trinajstić information content (AvgIpc) is 2.76. The summed E-state index contributed by atoms with van der Waals surface area (Å²) in [4.78, 5) is 13.4. The Kier molecular flexibility index (Phi) is 7.88. The maximum Gasteiger partial charge on any atom is 0.244 e. The van der Waals surface area contributed by atoms with Gasteiger partial charge in [0, 0.05) is 5.02 Å². The van der Waals surface area contributed by atoms with E-state index in [4.69, 9.17) is 11.6 Å². The topological polar surface area (TPSA) is 66.5 Å². The van der Waals surface area contributed by atoms with Crippen LogP contribution in [0.5, 0.6) is 0 Å². The van der Waals surface area contributed by atoms with Crippen LogP contribution in [-0.2, 0) is 27.7 Å². The molecule has 2 unspecified atom stereocenters. The van der Waals surface area contributed by atoms with Crippen LogP contribution in [0.3, 0.4) is 0 Å². The number of nitrogens with zero attached hydrogens (tertiary/aromatic N) is 1.